The van der Waals surface area contributed by atoms with Crippen molar-refractivity contribution >= 4 is 28.0 Å². The predicted molar refractivity (Wildman–Crippen MR) is 123 cm³/mol. The van der Waals surface area contributed by atoms with Crippen molar-refractivity contribution in [1.82, 2.24) is 14.3 Å². The minimum absolute atomic E-state index is 0.0463. The molecular formula is C23H23FN4O2S. The van der Waals surface area contributed by atoms with Crippen molar-refractivity contribution in [2.75, 3.05) is 11.0 Å². The van der Waals surface area contributed by atoms with Gasteiger partial charge in [0.2, 0.25) is 0 Å². The molecule has 0 aliphatic rings. The standard InChI is InChI=1S/C23H23FN4O2S/c1-14-9-18(13-27(3)23(14)29)17-10-20(26-31(4)30)22-15(2)25-28(21(22)11-17)12-16-5-7-19(24)8-6-16/h5-11,13,26H,12H2,1-4H3. The highest BCUT2D eigenvalue weighted by atomic mass is 32.2. The summed E-state index contributed by atoms with van der Waals surface area (Å²) >= 11 is -1.27. The van der Waals surface area contributed by atoms with Crippen LogP contribution in [0.5, 0.6) is 0 Å². The molecule has 0 fully saturated rings. The van der Waals surface area contributed by atoms with Gasteiger partial charge in [0.25, 0.3) is 5.56 Å². The number of fused-ring (bicyclic) bond motifs is 1. The second kappa shape index (κ2) is 8.20. The van der Waals surface area contributed by atoms with Gasteiger partial charge in [-0.25, -0.2) is 9.11 Å². The van der Waals surface area contributed by atoms with Crippen molar-refractivity contribution in [2.24, 2.45) is 7.05 Å². The number of hydrogen-bond acceptors (Lipinski definition) is 4. The van der Waals surface area contributed by atoms with E-state index >= 15 is 0 Å². The smallest absolute Gasteiger partial charge is 0.253 e. The van der Waals surface area contributed by atoms with Crippen molar-refractivity contribution in [3.63, 3.8) is 0 Å². The highest BCUT2D eigenvalue weighted by Gasteiger charge is 2.17. The maximum atomic E-state index is 13.3. The first-order valence-corrected chi connectivity index (χ1v) is 11.3. The summed E-state index contributed by atoms with van der Waals surface area (Å²) in [6, 6.07) is 12.1. The number of halogens is 1. The molecule has 2 heterocycles. The van der Waals surface area contributed by atoms with Crippen LogP contribution in [0.3, 0.4) is 0 Å². The van der Waals surface area contributed by atoms with E-state index in [4.69, 9.17) is 0 Å². The van der Waals surface area contributed by atoms with E-state index in [0.717, 1.165) is 33.3 Å². The number of benzene rings is 2. The van der Waals surface area contributed by atoms with Crippen molar-refractivity contribution in [3.05, 3.63) is 81.7 Å². The van der Waals surface area contributed by atoms with Crippen molar-refractivity contribution in [3.8, 4) is 11.1 Å². The largest absolute Gasteiger partial charge is 0.593 e. The summed E-state index contributed by atoms with van der Waals surface area (Å²) in [4.78, 5) is 12.1. The van der Waals surface area contributed by atoms with Gasteiger partial charge in [0.1, 0.15) is 12.1 Å². The molecule has 160 valence electrons. The SMILES string of the molecule is Cc1cc(-c2cc(N[S+](C)[O-])c3c(C)nn(Cc4ccc(F)cc4)c3c2)cn(C)c1=O. The van der Waals surface area contributed by atoms with Crippen LogP contribution in [-0.2, 0) is 25.0 Å². The van der Waals surface area contributed by atoms with Gasteiger partial charge in [0.15, 0.2) is 0 Å². The van der Waals surface area contributed by atoms with Crippen LogP contribution in [-0.4, -0.2) is 25.2 Å². The lowest BCUT2D eigenvalue weighted by atomic mass is 10.0. The molecule has 0 aliphatic heterocycles. The first kappa shape index (κ1) is 21.1. The molecule has 0 aliphatic carbocycles. The molecule has 8 heteroatoms. The van der Waals surface area contributed by atoms with Crippen molar-refractivity contribution in [1.29, 1.82) is 0 Å². The van der Waals surface area contributed by atoms with E-state index in [-0.39, 0.29) is 11.4 Å². The van der Waals surface area contributed by atoms with Gasteiger partial charge in [-0.3, -0.25) is 9.48 Å². The third-order valence-electron chi connectivity index (χ3n) is 5.22. The number of aryl methyl sites for hydroxylation is 3. The van der Waals surface area contributed by atoms with Crippen LogP contribution in [0.1, 0.15) is 16.8 Å². The summed E-state index contributed by atoms with van der Waals surface area (Å²) in [5, 5.41) is 5.57. The molecule has 31 heavy (non-hydrogen) atoms. The maximum Gasteiger partial charge on any atom is 0.253 e. The summed E-state index contributed by atoms with van der Waals surface area (Å²) in [7, 11) is 1.72. The predicted octanol–water partition coefficient (Wildman–Crippen LogP) is 3.91. The molecule has 4 rings (SSSR count). The topological polar surface area (TPSA) is 74.9 Å². The Morgan fingerprint density at radius 1 is 1.13 bits per heavy atom. The zero-order valence-electron chi connectivity index (χ0n) is 17.8. The van der Waals surface area contributed by atoms with Gasteiger partial charge in [-0.05, 0) is 60.9 Å². The Morgan fingerprint density at radius 2 is 1.84 bits per heavy atom. The lowest BCUT2D eigenvalue weighted by molar-refractivity contribution is 0.606. The Balaban J connectivity index is 1.92. The minimum Gasteiger partial charge on any atom is -0.593 e. The molecule has 0 amide bonds. The molecule has 0 bridgehead atoms. The molecule has 1 atom stereocenters. The lowest BCUT2D eigenvalue weighted by Gasteiger charge is -2.13. The summed E-state index contributed by atoms with van der Waals surface area (Å²) in [5.41, 5.74) is 5.63. The number of nitrogens with one attached hydrogen (secondary N) is 1. The van der Waals surface area contributed by atoms with Crippen LogP contribution in [0.25, 0.3) is 22.0 Å². The van der Waals surface area contributed by atoms with Crippen LogP contribution >= 0.6 is 0 Å². The van der Waals surface area contributed by atoms with E-state index in [1.165, 1.54) is 12.1 Å². The third-order valence-corrected chi connectivity index (χ3v) is 5.73. The maximum absolute atomic E-state index is 13.3. The fourth-order valence-electron chi connectivity index (χ4n) is 3.82. The molecule has 2 aromatic carbocycles. The van der Waals surface area contributed by atoms with Gasteiger partial charge >= 0.3 is 0 Å². The average molecular weight is 439 g/mol. The van der Waals surface area contributed by atoms with Crippen molar-refractivity contribution in [2.45, 2.75) is 20.4 Å². The Labute approximate surface area is 182 Å². The van der Waals surface area contributed by atoms with Crippen LogP contribution in [0.4, 0.5) is 10.1 Å². The average Bonchev–Trinajstić information content (AvgIpc) is 3.02. The molecular weight excluding hydrogens is 415 g/mol. The molecule has 0 radical (unpaired) electrons. The normalized spacial score (nSPS) is 12.3. The first-order chi connectivity index (χ1) is 14.7. The van der Waals surface area contributed by atoms with E-state index in [0.29, 0.717) is 17.8 Å². The summed E-state index contributed by atoms with van der Waals surface area (Å²) in [6.07, 6.45) is 3.36. The second-order valence-corrected chi connectivity index (χ2v) is 8.78. The number of anilines is 1. The van der Waals surface area contributed by atoms with Crippen LogP contribution in [0.15, 0.2) is 53.5 Å². The lowest BCUT2D eigenvalue weighted by Crippen LogP contribution is -2.18. The highest BCUT2D eigenvalue weighted by Crippen LogP contribution is 2.34. The van der Waals surface area contributed by atoms with Gasteiger partial charge < -0.3 is 9.12 Å². The summed E-state index contributed by atoms with van der Waals surface area (Å²) < 4.78 is 31.7. The van der Waals surface area contributed by atoms with Gasteiger partial charge in [0, 0.05) is 18.8 Å². The number of aromatic nitrogens is 3. The number of nitrogens with zero attached hydrogens (tertiary/aromatic N) is 3. The Morgan fingerprint density at radius 3 is 2.48 bits per heavy atom. The van der Waals surface area contributed by atoms with Crippen LogP contribution < -0.4 is 10.3 Å². The van der Waals surface area contributed by atoms with E-state index in [9.17, 15) is 13.7 Å². The molecule has 4 aromatic rings. The van der Waals surface area contributed by atoms with Crippen LogP contribution in [0, 0.1) is 19.7 Å². The fourth-order valence-corrected chi connectivity index (χ4v) is 4.29. The number of pyridine rings is 1. The van der Waals surface area contributed by atoms with Gasteiger partial charge in [-0.15, -0.1) is 0 Å². The van der Waals surface area contributed by atoms with Gasteiger partial charge in [-0.1, -0.05) is 12.1 Å². The van der Waals surface area contributed by atoms with Gasteiger partial charge in [0.05, 0.1) is 40.2 Å². The Hall–Kier alpha value is -3.10. The quantitative estimate of drug-likeness (QED) is 0.480. The zero-order chi connectivity index (χ0) is 22.3. The molecule has 0 spiro atoms. The molecule has 0 saturated heterocycles. The highest BCUT2D eigenvalue weighted by molar-refractivity contribution is 7.92. The summed E-state index contributed by atoms with van der Waals surface area (Å²) in [6.45, 7) is 4.16. The molecule has 0 saturated carbocycles. The van der Waals surface area contributed by atoms with E-state index < -0.39 is 11.4 Å². The molecule has 1 N–H and O–H groups in total. The van der Waals surface area contributed by atoms with E-state index in [1.54, 1.807) is 43.1 Å². The minimum atomic E-state index is -1.27. The first-order valence-electron chi connectivity index (χ1n) is 9.76. The van der Waals surface area contributed by atoms with E-state index in [2.05, 4.69) is 9.82 Å². The summed E-state index contributed by atoms with van der Waals surface area (Å²) in [5.74, 6) is -0.283. The van der Waals surface area contributed by atoms with Gasteiger partial charge in [-0.2, -0.15) is 5.10 Å². The number of rotatable bonds is 5. The molecule has 1 unspecified atom stereocenters. The Kier molecular flexibility index (Phi) is 5.60. The van der Waals surface area contributed by atoms with Crippen LogP contribution in [0.2, 0.25) is 0 Å². The van der Waals surface area contributed by atoms with Crippen molar-refractivity contribution < 1.29 is 8.94 Å². The zero-order valence-corrected chi connectivity index (χ0v) is 18.6. The monoisotopic (exact) mass is 438 g/mol. The third kappa shape index (κ3) is 4.22. The fraction of sp³-hybridized carbons (Fsp3) is 0.217. The molecule has 2 aromatic heterocycles. The second-order valence-electron chi connectivity index (χ2n) is 7.67. The van der Waals surface area contributed by atoms with E-state index in [1.807, 2.05) is 29.8 Å². The Bertz CT molecular complexity index is 1300. The molecule has 6 nitrogen and oxygen atoms in total. The number of hydrogen-bond donors (Lipinski definition) is 1.